The van der Waals surface area contributed by atoms with Crippen LogP contribution in [0.2, 0.25) is 5.02 Å². The van der Waals surface area contributed by atoms with Gasteiger partial charge in [0.1, 0.15) is 0 Å². The Hall–Kier alpha value is -0.840. The monoisotopic (exact) mass is 325 g/mol. The average Bonchev–Trinajstić information content (AvgIpc) is 2.50. The molecule has 1 aromatic carbocycles. The van der Waals surface area contributed by atoms with Crippen LogP contribution in [0.3, 0.4) is 0 Å². The molecule has 1 fully saturated rings. The first-order valence-corrected chi connectivity index (χ1v) is 8.39. The molecule has 0 aliphatic carbocycles. The molecule has 0 radical (unpaired) electrons. The van der Waals surface area contributed by atoms with E-state index in [0.29, 0.717) is 6.04 Å². The van der Waals surface area contributed by atoms with E-state index in [1.165, 1.54) is 5.56 Å². The van der Waals surface area contributed by atoms with Crippen molar-refractivity contribution in [1.29, 1.82) is 0 Å². The number of thiocarbonyl (C=S) groups is 1. The molecule has 0 saturated carbocycles. The zero-order valence-electron chi connectivity index (χ0n) is 12.8. The summed E-state index contributed by atoms with van der Waals surface area (Å²) in [6.07, 6.45) is 1.09. The van der Waals surface area contributed by atoms with Crippen molar-refractivity contribution in [3.8, 4) is 0 Å². The van der Waals surface area contributed by atoms with E-state index in [9.17, 15) is 0 Å². The summed E-state index contributed by atoms with van der Waals surface area (Å²) in [5.74, 6) is 0. The predicted octanol–water partition coefficient (Wildman–Crippen LogP) is 3.13. The Balaban J connectivity index is 1.77. The number of hydrogen-bond acceptors (Lipinski definition) is 2. The van der Waals surface area contributed by atoms with Crippen LogP contribution in [-0.2, 0) is 6.54 Å². The fraction of sp³-hybridized carbons (Fsp3) is 0.562. The lowest BCUT2D eigenvalue weighted by atomic mass is 10.2. The maximum atomic E-state index is 5.92. The van der Waals surface area contributed by atoms with E-state index in [0.717, 1.165) is 49.3 Å². The van der Waals surface area contributed by atoms with Crippen molar-refractivity contribution in [1.82, 2.24) is 15.1 Å². The number of nitrogens with one attached hydrogen (secondary N) is 1. The van der Waals surface area contributed by atoms with Gasteiger partial charge in [0, 0.05) is 43.8 Å². The van der Waals surface area contributed by atoms with E-state index in [1.54, 1.807) is 0 Å². The summed E-state index contributed by atoms with van der Waals surface area (Å²) in [4.78, 5) is 4.74. The van der Waals surface area contributed by atoms with Gasteiger partial charge in [0.15, 0.2) is 5.11 Å². The molecule has 2 rings (SSSR count). The van der Waals surface area contributed by atoms with E-state index in [4.69, 9.17) is 23.8 Å². The predicted molar refractivity (Wildman–Crippen MR) is 93.8 cm³/mol. The average molecular weight is 326 g/mol. The third kappa shape index (κ3) is 5.13. The van der Waals surface area contributed by atoms with Crippen LogP contribution in [0.5, 0.6) is 0 Å². The van der Waals surface area contributed by atoms with Crippen LogP contribution in [0.15, 0.2) is 24.3 Å². The topological polar surface area (TPSA) is 18.5 Å². The van der Waals surface area contributed by atoms with Crippen molar-refractivity contribution < 1.29 is 0 Å². The molecular formula is C16H24ClN3S. The second-order valence-electron chi connectivity index (χ2n) is 5.65. The lowest BCUT2D eigenvalue weighted by Gasteiger charge is -2.37. The molecule has 0 bridgehead atoms. The zero-order chi connectivity index (χ0) is 15.2. The number of benzene rings is 1. The normalized spacial score (nSPS) is 17.6. The summed E-state index contributed by atoms with van der Waals surface area (Å²) in [6.45, 7) is 9.41. The van der Waals surface area contributed by atoms with Gasteiger partial charge in [-0.1, -0.05) is 30.7 Å². The smallest absolute Gasteiger partial charge is 0.169 e. The van der Waals surface area contributed by atoms with E-state index in [1.807, 2.05) is 12.1 Å². The molecule has 3 nitrogen and oxygen atoms in total. The van der Waals surface area contributed by atoms with Crippen LogP contribution in [0, 0.1) is 0 Å². The van der Waals surface area contributed by atoms with E-state index in [-0.39, 0.29) is 0 Å². The minimum Gasteiger partial charge on any atom is -0.360 e. The Labute approximate surface area is 138 Å². The largest absolute Gasteiger partial charge is 0.360 e. The summed E-state index contributed by atoms with van der Waals surface area (Å²) in [5, 5.41) is 5.09. The summed E-state index contributed by atoms with van der Waals surface area (Å²) in [7, 11) is 0. The molecule has 1 aliphatic rings. The van der Waals surface area contributed by atoms with Gasteiger partial charge >= 0.3 is 0 Å². The van der Waals surface area contributed by atoms with E-state index >= 15 is 0 Å². The van der Waals surface area contributed by atoms with Gasteiger partial charge in [-0.2, -0.15) is 0 Å². The van der Waals surface area contributed by atoms with Crippen molar-refractivity contribution >= 4 is 28.9 Å². The minimum atomic E-state index is 0.449. The van der Waals surface area contributed by atoms with Gasteiger partial charge in [-0.25, -0.2) is 0 Å². The summed E-state index contributed by atoms with van der Waals surface area (Å²) < 4.78 is 0. The maximum Gasteiger partial charge on any atom is 0.169 e. The van der Waals surface area contributed by atoms with Crippen LogP contribution in [0.1, 0.15) is 25.8 Å². The van der Waals surface area contributed by atoms with Crippen molar-refractivity contribution in [3.05, 3.63) is 34.9 Å². The molecule has 1 N–H and O–H groups in total. The van der Waals surface area contributed by atoms with Gasteiger partial charge in [0.2, 0.25) is 0 Å². The second-order valence-corrected chi connectivity index (χ2v) is 6.47. The van der Waals surface area contributed by atoms with Crippen molar-refractivity contribution in [3.63, 3.8) is 0 Å². The Kier molecular flexibility index (Phi) is 6.27. The summed E-state index contributed by atoms with van der Waals surface area (Å²) >= 11 is 11.4. The highest BCUT2D eigenvalue weighted by atomic mass is 35.5. The SMILES string of the molecule is CCC(C)NC(=S)N1CCN(Cc2ccc(Cl)cc2)CC1. The van der Waals surface area contributed by atoms with Gasteiger partial charge in [-0.05, 0) is 43.3 Å². The molecule has 1 heterocycles. The van der Waals surface area contributed by atoms with Crippen LogP contribution in [-0.4, -0.2) is 47.1 Å². The Morgan fingerprint density at radius 2 is 1.86 bits per heavy atom. The van der Waals surface area contributed by atoms with Crippen LogP contribution in [0.4, 0.5) is 0 Å². The summed E-state index contributed by atoms with van der Waals surface area (Å²) in [5.41, 5.74) is 1.31. The van der Waals surface area contributed by atoms with E-state index in [2.05, 4.69) is 41.1 Å². The van der Waals surface area contributed by atoms with E-state index < -0.39 is 0 Å². The number of halogens is 1. The lowest BCUT2D eigenvalue weighted by Crippen LogP contribution is -2.52. The highest BCUT2D eigenvalue weighted by molar-refractivity contribution is 7.80. The first-order valence-electron chi connectivity index (χ1n) is 7.60. The van der Waals surface area contributed by atoms with Gasteiger partial charge in [0.25, 0.3) is 0 Å². The first-order chi connectivity index (χ1) is 10.1. The van der Waals surface area contributed by atoms with Gasteiger partial charge < -0.3 is 10.2 Å². The van der Waals surface area contributed by atoms with Gasteiger partial charge in [0.05, 0.1) is 0 Å². The Morgan fingerprint density at radius 3 is 2.43 bits per heavy atom. The molecule has 1 aliphatic heterocycles. The molecule has 1 saturated heterocycles. The number of nitrogens with zero attached hydrogens (tertiary/aromatic N) is 2. The molecule has 0 spiro atoms. The quantitative estimate of drug-likeness (QED) is 0.857. The molecular weight excluding hydrogens is 302 g/mol. The number of rotatable bonds is 4. The lowest BCUT2D eigenvalue weighted by molar-refractivity contribution is 0.174. The zero-order valence-corrected chi connectivity index (χ0v) is 14.4. The fourth-order valence-corrected chi connectivity index (χ4v) is 2.87. The second kappa shape index (κ2) is 7.97. The van der Waals surface area contributed by atoms with Crippen LogP contribution < -0.4 is 5.32 Å². The molecule has 5 heteroatoms. The minimum absolute atomic E-state index is 0.449. The third-order valence-corrected chi connectivity index (χ3v) is 4.59. The first kappa shape index (κ1) is 16.5. The van der Waals surface area contributed by atoms with Gasteiger partial charge in [-0.3, -0.25) is 4.90 Å². The Morgan fingerprint density at radius 1 is 1.24 bits per heavy atom. The molecule has 21 heavy (non-hydrogen) atoms. The highest BCUT2D eigenvalue weighted by Gasteiger charge is 2.19. The van der Waals surface area contributed by atoms with Crippen molar-refractivity contribution in [2.45, 2.75) is 32.9 Å². The van der Waals surface area contributed by atoms with Crippen molar-refractivity contribution in [2.24, 2.45) is 0 Å². The fourth-order valence-electron chi connectivity index (χ4n) is 2.36. The molecule has 0 amide bonds. The highest BCUT2D eigenvalue weighted by Crippen LogP contribution is 2.13. The number of piperazine rings is 1. The van der Waals surface area contributed by atoms with Crippen molar-refractivity contribution in [2.75, 3.05) is 26.2 Å². The molecule has 116 valence electrons. The molecule has 1 unspecified atom stereocenters. The molecule has 1 atom stereocenters. The van der Waals surface area contributed by atoms with Crippen LogP contribution in [0.25, 0.3) is 0 Å². The summed E-state index contributed by atoms with van der Waals surface area (Å²) in [6, 6.07) is 8.56. The Bertz CT molecular complexity index is 455. The molecule has 1 aromatic rings. The standard InChI is InChI=1S/C16H24ClN3S/c1-3-13(2)18-16(21)20-10-8-19(9-11-20)12-14-4-6-15(17)7-5-14/h4-7,13H,3,8-12H2,1-2H3,(H,18,21). The molecule has 0 aromatic heterocycles. The number of hydrogen-bond donors (Lipinski definition) is 1. The van der Waals surface area contributed by atoms with Gasteiger partial charge in [-0.15, -0.1) is 0 Å². The maximum absolute atomic E-state index is 5.92. The van der Waals surface area contributed by atoms with Crippen LogP contribution >= 0.6 is 23.8 Å². The third-order valence-electron chi connectivity index (χ3n) is 3.96.